The number of halogens is 3. The second kappa shape index (κ2) is 4.61. The molecule has 108 valence electrons. The van der Waals surface area contributed by atoms with Crippen LogP contribution in [-0.4, -0.2) is 32.2 Å². The predicted octanol–water partition coefficient (Wildman–Crippen LogP) is 2.53. The van der Waals surface area contributed by atoms with Gasteiger partial charge in [-0.25, -0.2) is 8.78 Å². The summed E-state index contributed by atoms with van der Waals surface area (Å²) in [5.41, 5.74) is 0.572. The molecule has 2 atom stereocenters. The quantitative estimate of drug-likeness (QED) is 0.882. The highest BCUT2D eigenvalue weighted by molar-refractivity contribution is 6.34. The van der Waals surface area contributed by atoms with E-state index in [1.54, 1.807) is 6.92 Å². The molecule has 20 heavy (non-hydrogen) atoms. The molecule has 5 nitrogen and oxygen atoms in total. The van der Waals surface area contributed by atoms with Gasteiger partial charge >= 0.3 is 0 Å². The molecule has 1 N–H and O–H groups in total. The molecule has 1 aliphatic rings. The summed E-state index contributed by atoms with van der Waals surface area (Å²) in [6, 6.07) is 1.52. The molecule has 0 saturated heterocycles. The predicted molar refractivity (Wildman–Crippen MR) is 66.9 cm³/mol. The number of ether oxygens (including phenoxy) is 1. The summed E-state index contributed by atoms with van der Waals surface area (Å²) in [5, 5.41) is 17.6. The minimum absolute atomic E-state index is 0.149. The topological polar surface area (TPSA) is 59.7 Å². The number of aliphatic hydroxyl groups excluding tert-OH is 1. The third kappa shape index (κ3) is 2.06. The highest BCUT2D eigenvalue weighted by Crippen LogP contribution is 2.55. The third-order valence-corrected chi connectivity index (χ3v) is 3.69. The van der Waals surface area contributed by atoms with E-state index in [-0.39, 0.29) is 22.9 Å². The lowest BCUT2D eigenvalue weighted by molar-refractivity contribution is -0.0978. The minimum atomic E-state index is -2.72. The zero-order chi connectivity index (χ0) is 14.5. The summed E-state index contributed by atoms with van der Waals surface area (Å²) in [7, 11) is 0. The van der Waals surface area contributed by atoms with E-state index < -0.39 is 18.1 Å². The normalized spacial score (nSPS) is 22.1. The van der Waals surface area contributed by atoms with Crippen molar-refractivity contribution in [2.75, 3.05) is 6.61 Å². The first kappa shape index (κ1) is 13.7. The van der Waals surface area contributed by atoms with E-state index in [2.05, 4.69) is 10.2 Å². The van der Waals surface area contributed by atoms with Crippen LogP contribution in [0.15, 0.2) is 12.3 Å². The number of rotatable bonds is 4. The van der Waals surface area contributed by atoms with E-state index in [9.17, 15) is 13.9 Å². The van der Waals surface area contributed by atoms with Crippen molar-refractivity contribution in [3.05, 3.63) is 28.7 Å². The van der Waals surface area contributed by atoms with Crippen LogP contribution >= 0.6 is 11.6 Å². The Hall–Kier alpha value is -1.31. The van der Waals surface area contributed by atoms with Crippen molar-refractivity contribution in [3.8, 4) is 0 Å². The Balaban J connectivity index is 2.03. The van der Waals surface area contributed by atoms with Gasteiger partial charge in [-0.15, -0.1) is 10.2 Å². The van der Waals surface area contributed by atoms with Crippen molar-refractivity contribution in [3.63, 3.8) is 0 Å². The van der Waals surface area contributed by atoms with Crippen LogP contribution in [0.3, 0.4) is 0 Å². The number of aliphatic hydroxyl groups is 1. The van der Waals surface area contributed by atoms with Crippen LogP contribution in [0.4, 0.5) is 8.78 Å². The van der Waals surface area contributed by atoms with E-state index >= 15 is 0 Å². The lowest BCUT2D eigenvalue weighted by Gasteiger charge is -2.12. The monoisotopic (exact) mass is 303 g/mol. The lowest BCUT2D eigenvalue weighted by Crippen LogP contribution is -2.05. The average molecular weight is 304 g/mol. The average Bonchev–Trinajstić information content (AvgIpc) is 2.85. The summed E-state index contributed by atoms with van der Waals surface area (Å²) < 4.78 is 32.7. The minimum Gasteiger partial charge on any atom is -0.364 e. The molecule has 1 aliphatic carbocycles. The van der Waals surface area contributed by atoms with Crippen LogP contribution < -0.4 is 0 Å². The van der Waals surface area contributed by atoms with Gasteiger partial charge in [-0.1, -0.05) is 11.6 Å². The number of pyridine rings is 1. The molecule has 8 heteroatoms. The molecule has 2 aromatic heterocycles. The summed E-state index contributed by atoms with van der Waals surface area (Å²) >= 11 is 6.13. The van der Waals surface area contributed by atoms with E-state index in [0.717, 1.165) is 0 Å². The summed E-state index contributed by atoms with van der Waals surface area (Å²) in [5.74, 6) is -3.46. The number of hydrogen-bond acceptors (Lipinski definition) is 4. The van der Waals surface area contributed by atoms with Crippen LogP contribution in [0.5, 0.6) is 0 Å². The van der Waals surface area contributed by atoms with Gasteiger partial charge in [-0.3, -0.25) is 4.40 Å². The van der Waals surface area contributed by atoms with Gasteiger partial charge in [0.2, 0.25) is 0 Å². The van der Waals surface area contributed by atoms with Gasteiger partial charge in [0.05, 0.1) is 10.9 Å². The van der Waals surface area contributed by atoms with E-state index in [1.807, 2.05) is 0 Å². The summed E-state index contributed by atoms with van der Waals surface area (Å²) in [6.45, 7) is 2.05. The molecule has 2 aromatic rings. The molecular formula is C12H12ClF2N3O2. The van der Waals surface area contributed by atoms with Gasteiger partial charge in [0.25, 0.3) is 5.92 Å². The van der Waals surface area contributed by atoms with E-state index in [0.29, 0.717) is 12.2 Å². The third-order valence-electron chi connectivity index (χ3n) is 3.30. The maximum atomic E-state index is 13.1. The molecule has 2 unspecified atom stereocenters. The second-order valence-corrected chi connectivity index (χ2v) is 5.04. The van der Waals surface area contributed by atoms with E-state index in [1.165, 1.54) is 16.7 Å². The Morgan fingerprint density at radius 3 is 2.90 bits per heavy atom. The Morgan fingerprint density at radius 2 is 2.30 bits per heavy atom. The number of aromatic nitrogens is 3. The SMILES string of the molecule is CCOC(O)c1ccn2c(C3CC3(F)F)nnc2c1Cl. The van der Waals surface area contributed by atoms with Crippen molar-refractivity contribution in [2.24, 2.45) is 0 Å². The molecular weight excluding hydrogens is 292 g/mol. The van der Waals surface area contributed by atoms with Crippen LogP contribution in [0.25, 0.3) is 5.65 Å². The zero-order valence-electron chi connectivity index (χ0n) is 10.6. The number of hydrogen-bond donors (Lipinski definition) is 1. The Bertz CT molecular complexity index is 661. The van der Waals surface area contributed by atoms with Crippen molar-refractivity contribution in [1.29, 1.82) is 0 Å². The molecule has 1 saturated carbocycles. The number of nitrogens with zero attached hydrogens (tertiary/aromatic N) is 3. The van der Waals surface area contributed by atoms with Gasteiger partial charge in [0.1, 0.15) is 5.82 Å². The van der Waals surface area contributed by atoms with Crippen LogP contribution in [-0.2, 0) is 4.74 Å². The highest BCUT2D eigenvalue weighted by atomic mass is 35.5. The zero-order valence-corrected chi connectivity index (χ0v) is 11.3. The Kier molecular flexibility index (Phi) is 3.15. The van der Waals surface area contributed by atoms with Crippen molar-refractivity contribution in [2.45, 2.75) is 31.5 Å². The Morgan fingerprint density at radius 1 is 1.60 bits per heavy atom. The maximum Gasteiger partial charge on any atom is 0.259 e. The first-order valence-corrected chi connectivity index (χ1v) is 6.54. The molecule has 0 aliphatic heterocycles. The molecule has 0 radical (unpaired) electrons. The maximum absolute atomic E-state index is 13.1. The van der Waals surface area contributed by atoms with Crippen molar-refractivity contribution < 1.29 is 18.6 Å². The molecule has 1 fully saturated rings. The fraction of sp³-hybridized carbons (Fsp3) is 0.500. The molecule has 0 bridgehead atoms. The van der Waals surface area contributed by atoms with Gasteiger partial charge < -0.3 is 9.84 Å². The molecule has 0 aromatic carbocycles. The summed E-state index contributed by atoms with van der Waals surface area (Å²) in [6.07, 6.45) is 0.108. The van der Waals surface area contributed by atoms with Gasteiger partial charge in [-0.05, 0) is 13.0 Å². The fourth-order valence-corrected chi connectivity index (χ4v) is 2.41. The second-order valence-electron chi connectivity index (χ2n) is 4.66. The molecule has 2 heterocycles. The van der Waals surface area contributed by atoms with Gasteiger partial charge in [-0.2, -0.15) is 0 Å². The van der Waals surface area contributed by atoms with Crippen molar-refractivity contribution >= 4 is 17.2 Å². The van der Waals surface area contributed by atoms with Gasteiger partial charge in [0, 0.05) is 24.8 Å². The molecule has 3 rings (SSSR count). The Labute approximate surface area is 118 Å². The highest BCUT2D eigenvalue weighted by Gasteiger charge is 2.60. The van der Waals surface area contributed by atoms with Crippen LogP contribution in [0.2, 0.25) is 5.02 Å². The van der Waals surface area contributed by atoms with Gasteiger partial charge in [0.15, 0.2) is 11.9 Å². The first-order chi connectivity index (χ1) is 9.45. The standard InChI is InChI=1S/C12H12ClF2N3O2/c1-2-20-11(19)6-3-4-18-9(7-5-12(7,14)15)16-17-10(18)8(6)13/h3-4,7,11,19H,2,5H2,1H3. The van der Waals surface area contributed by atoms with Crippen LogP contribution in [0, 0.1) is 0 Å². The smallest absolute Gasteiger partial charge is 0.259 e. The lowest BCUT2D eigenvalue weighted by atomic mass is 10.2. The number of alkyl halides is 2. The fourth-order valence-electron chi connectivity index (χ4n) is 2.13. The summed E-state index contributed by atoms with van der Waals surface area (Å²) in [4.78, 5) is 0. The molecule has 0 amide bonds. The largest absolute Gasteiger partial charge is 0.364 e. The van der Waals surface area contributed by atoms with Crippen LogP contribution in [0.1, 0.15) is 36.9 Å². The first-order valence-electron chi connectivity index (χ1n) is 6.16. The molecule has 0 spiro atoms. The number of fused-ring (bicyclic) bond motifs is 1. The van der Waals surface area contributed by atoms with Crippen molar-refractivity contribution in [1.82, 2.24) is 14.6 Å². The van der Waals surface area contributed by atoms with E-state index in [4.69, 9.17) is 16.3 Å².